The van der Waals surface area contributed by atoms with Gasteiger partial charge in [0.15, 0.2) is 5.82 Å². The monoisotopic (exact) mass is 375 g/mol. The molecule has 3 rings (SSSR count). The van der Waals surface area contributed by atoms with Crippen LogP contribution in [-0.2, 0) is 13.1 Å². The first-order valence-electron chi connectivity index (χ1n) is 7.87. The third-order valence-corrected chi connectivity index (χ3v) is 4.85. The SMILES string of the molecule is CCN(Cc1ccc(Cl)s1)C(=O)NCc1ccc(-n2cccn2)nc1. The van der Waals surface area contributed by atoms with Gasteiger partial charge in [-0.3, -0.25) is 0 Å². The van der Waals surface area contributed by atoms with E-state index in [1.165, 1.54) is 11.3 Å². The minimum Gasteiger partial charge on any atom is -0.334 e. The average Bonchev–Trinajstić information content (AvgIpc) is 3.30. The van der Waals surface area contributed by atoms with E-state index < -0.39 is 0 Å². The van der Waals surface area contributed by atoms with Gasteiger partial charge in [-0.2, -0.15) is 5.10 Å². The van der Waals surface area contributed by atoms with Gasteiger partial charge < -0.3 is 10.2 Å². The van der Waals surface area contributed by atoms with Crippen LogP contribution in [0.15, 0.2) is 48.9 Å². The Balaban J connectivity index is 1.55. The number of nitrogens with zero attached hydrogens (tertiary/aromatic N) is 4. The molecule has 0 aliphatic heterocycles. The Morgan fingerprint density at radius 1 is 1.36 bits per heavy atom. The number of amides is 2. The molecule has 25 heavy (non-hydrogen) atoms. The Bertz CT molecular complexity index is 816. The van der Waals surface area contributed by atoms with Gasteiger partial charge in [0.2, 0.25) is 0 Å². The molecular weight excluding hydrogens is 358 g/mol. The molecule has 130 valence electrons. The molecule has 0 fully saturated rings. The predicted molar refractivity (Wildman–Crippen MR) is 99.0 cm³/mol. The van der Waals surface area contributed by atoms with Crippen LogP contribution < -0.4 is 5.32 Å². The zero-order valence-electron chi connectivity index (χ0n) is 13.7. The number of carbonyl (C=O) groups is 1. The molecule has 0 aliphatic rings. The van der Waals surface area contributed by atoms with Gasteiger partial charge in [0.1, 0.15) is 0 Å². The van der Waals surface area contributed by atoms with E-state index in [-0.39, 0.29) is 6.03 Å². The summed E-state index contributed by atoms with van der Waals surface area (Å²) in [4.78, 5) is 19.5. The van der Waals surface area contributed by atoms with Crippen molar-refractivity contribution in [1.82, 2.24) is 25.0 Å². The molecule has 0 radical (unpaired) electrons. The number of rotatable bonds is 6. The lowest BCUT2D eigenvalue weighted by molar-refractivity contribution is 0.198. The third kappa shape index (κ3) is 4.58. The Hall–Kier alpha value is -2.38. The van der Waals surface area contributed by atoms with Gasteiger partial charge in [0.05, 0.1) is 10.9 Å². The molecule has 6 nitrogen and oxygen atoms in total. The van der Waals surface area contributed by atoms with Crippen molar-refractivity contribution in [3.8, 4) is 5.82 Å². The third-order valence-electron chi connectivity index (χ3n) is 3.64. The van der Waals surface area contributed by atoms with E-state index in [4.69, 9.17) is 11.6 Å². The number of carbonyl (C=O) groups excluding carboxylic acids is 1. The molecule has 0 bridgehead atoms. The normalized spacial score (nSPS) is 10.6. The minimum absolute atomic E-state index is 0.108. The number of aromatic nitrogens is 3. The van der Waals surface area contributed by atoms with Gasteiger partial charge in [-0.25, -0.2) is 14.5 Å². The quantitative estimate of drug-likeness (QED) is 0.714. The molecule has 3 aromatic rings. The molecular formula is C17H18ClN5OS. The van der Waals surface area contributed by atoms with Crippen LogP contribution in [0.2, 0.25) is 4.34 Å². The second-order valence-electron chi connectivity index (χ2n) is 5.35. The lowest BCUT2D eigenvalue weighted by atomic mass is 10.3. The first kappa shape index (κ1) is 17.4. The van der Waals surface area contributed by atoms with E-state index in [9.17, 15) is 4.79 Å². The summed E-state index contributed by atoms with van der Waals surface area (Å²) in [6.07, 6.45) is 5.28. The fourth-order valence-corrected chi connectivity index (χ4v) is 3.41. The second-order valence-corrected chi connectivity index (χ2v) is 7.15. The molecule has 0 saturated carbocycles. The highest BCUT2D eigenvalue weighted by Crippen LogP contribution is 2.22. The van der Waals surface area contributed by atoms with Crippen LogP contribution in [0.25, 0.3) is 5.82 Å². The summed E-state index contributed by atoms with van der Waals surface area (Å²) < 4.78 is 2.42. The fourth-order valence-electron chi connectivity index (χ4n) is 2.30. The zero-order chi connectivity index (χ0) is 17.6. The van der Waals surface area contributed by atoms with E-state index >= 15 is 0 Å². The highest BCUT2D eigenvalue weighted by molar-refractivity contribution is 7.16. The molecule has 3 heterocycles. The van der Waals surface area contributed by atoms with Gasteiger partial charge >= 0.3 is 6.03 Å². The topological polar surface area (TPSA) is 63.1 Å². The molecule has 0 spiro atoms. The van der Waals surface area contributed by atoms with Crippen LogP contribution in [0.5, 0.6) is 0 Å². The summed E-state index contributed by atoms with van der Waals surface area (Å²) in [6, 6.07) is 9.33. The van der Waals surface area contributed by atoms with Crippen LogP contribution in [0, 0.1) is 0 Å². The van der Waals surface area contributed by atoms with Crippen LogP contribution >= 0.6 is 22.9 Å². The Morgan fingerprint density at radius 2 is 2.24 bits per heavy atom. The number of pyridine rings is 1. The number of hydrogen-bond donors (Lipinski definition) is 1. The highest BCUT2D eigenvalue weighted by atomic mass is 35.5. The van der Waals surface area contributed by atoms with Gasteiger partial charge in [-0.15, -0.1) is 11.3 Å². The summed E-state index contributed by atoms with van der Waals surface area (Å²) in [5.41, 5.74) is 0.930. The number of thiophene rings is 1. The Labute approximate surface area is 155 Å². The largest absolute Gasteiger partial charge is 0.334 e. The van der Waals surface area contributed by atoms with Crippen molar-refractivity contribution in [3.63, 3.8) is 0 Å². The Kier molecular flexibility index (Phi) is 5.67. The lowest BCUT2D eigenvalue weighted by Crippen LogP contribution is -2.38. The van der Waals surface area contributed by atoms with Crippen molar-refractivity contribution < 1.29 is 4.79 Å². The highest BCUT2D eigenvalue weighted by Gasteiger charge is 2.13. The molecule has 0 unspecified atom stereocenters. The van der Waals surface area contributed by atoms with E-state index in [1.807, 2.05) is 43.5 Å². The Morgan fingerprint density at radius 3 is 2.84 bits per heavy atom. The molecule has 0 saturated heterocycles. The first-order chi connectivity index (χ1) is 12.2. The van der Waals surface area contributed by atoms with E-state index in [0.717, 1.165) is 20.6 Å². The lowest BCUT2D eigenvalue weighted by Gasteiger charge is -2.20. The number of nitrogens with one attached hydrogen (secondary N) is 1. The van der Waals surface area contributed by atoms with Crippen LogP contribution in [0.3, 0.4) is 0 Å². The molecule has 0 aliphatic carbocycles. The summed E-state index contributed by atoms with van der Waals surface area (Å²) >= 11 is 7.43. The van der Waals surface area contributed by atoms with Crippen molar-refractivity contribution in [2.24, 2.45) is 0 Å². The van der Waals surface area contributed by atoms with Crippen LogP contribution in [0.4, 0.5) is 4.79 Å². The molecule has 1 N–H and O–H groups in total. The summed E-state index contributed by atoms with van der Waals surface area (Å²) in [5, 5.41) is 7.06. The molecule has 3 aromatic heterocycles. The molecule has 8 heteroatoms. The fraction of sp³-hybridized carbons (Fsp3) is 0.235. The van der Waals surface area contributed by atoms with Crippen LogP contribution in [-0.4, -0.2) is 32.2 Å². The van der Waals surface area contributed by atoms with Crippen molar-refractivity contribution in [1.29, 1.82) is 0 Å². The number of urea groups is 1. The minimum atomic E-state index is -0.108. The first-order valence-corrected chi connectivity index (χ1v) is 9.07. The molecule has 0 atom stereocenters. The van der Waals surface area contributed by atoms with Crippen LogP contribution in [0.1, 0.15) is 17.4 Å². The van der Waals surface area contributed by atoms with Crippen molar-refractivity contribution in [3.05, 3.63) is 63.7 Å². The number of hydrogen-bond acceptors (Lipinski definition) is 4. The second kappa shape index (κ2) is 8.13. The van der Waals surface area contributed by atoms with E-state index in [1.54, 1.807) is 22.0 Å². The van der Waals surface area contributed by atoms with Crippen molar-refractivity contribution in [2.75, 3.05) is 6.54 Å². The van der Waals surface area contributed by atoms with Gasteiger partial charge in [0.25, 0.3) is 0 Å². The standard InChI is InChI=1S/C17H18ClN5OS/c1-2-22(12-14-5-6-15(18)25-14)17(24)20-11-13-4-7-16(19-10-13)23-9-3-8-21-23/h3-10H,2,11-12H2,1H3,(H,20,24). The summed E-state index contributed by atoms with van der Waals surface area (Å²) in [5.74, 6) is 0.741. The van der Waals surface area contributed by atoms with Crippen molar-refractivity contribution in [2.45, 2.75) is 20.0 Å². The van der Waals surface area contributed by atoms with Crippen molar-refractivity contribution >= 4 is 29.0 Å². The zero-order valence-corrected chi connectivity index (χ0v) is 15.3. The average molecular weight is 376 g/mol. The maximum absolute atomic E-state index is 12.4. The maximum atomic E-state index is 12.4. The van der Waals surface area contributed by atoms with E-state index in [2.05, 4.69) is 15.4 Å². The smallest absolute Gasteiger partial charge is 0.317 e. The maximum Gasteiger partial charge on any atom is 0.317 e. The predicted octanol–water partition coefficient (Wildman–Crippen LogP) is 3.71. The number of halogens is 1. The molecule has 0 aromatic carbocycles. The summed E-state index contributed by atoms with van der Waals surface area (Å²) in [6.45, 7) is 3.55. The van der Waals surface area contributed by atoms with Gasteiger partial charge in [-0.1, -0.05) is 17.7 Å². The molecule has 2 amide bonds. The van der Waals surface area contributed by atoms with Gasteiger partial charge in [0, 0.05) is 36.6 Å². The summed E-state index contributed by atoms with van der Waals surface area (Å²) in [7, 11) is 0. The van der Waals surface area contributed by atoms with Gasteiger partial charge in [-0.05, 0) is 36.8 Å². The van der Waals surface area contributed by atoms with E-state index in [0.29, 0.717) is 19.6 Å².